The molecule has 1 radical (unpaired) electrons. The fourth-order valence-corrected chi connectivity index (χ4v) is 5.74. The molecule has 0 aromatic heterocycles. The van der Waals surface area contributed by atoms with E-state index in [9.17, 15) is 0 Å². The van der Waals surface area contributed by atoms with Gasteiger partial charge in [-0.05, 0) is 12.1 Å². The van der Waals surface area contributed by atoms with Gasteiger partial charge in [0.15, 0.2) is 0 Å². The van der Waals surface area contributed by atoms with Crippen LogP contribution in [0.1, 0.15) is 26.7 Å². The van der Waals surface area contributed by atoms with Crippen LogP contribution >= 0.6 is 21.9 Å². The minimum Gasteiger partial charge on any atom is -0.126 e. The van der Waals surface area contributed by atoms with Crippen molar-refractivity contribution in [1.29, 1.82) is 0 Å². The Kier molecular flexibility index (Phi) is 7.75. The Balaban J connectivity index is 3.18. The molecule has 0 aromatic carbocycles. The molecule has 0 heterocycles. The van der Waals surface area contributed by atoms with Crippen molar-refractivity contribution < 1.29 is 0 Å². The van der Waals surface area contributed by atoms with Crippen LogP contribution in [0.5, 0.6) is 0 Å². The van der Waals surface area contributed by atoms with E-state index in [2.05, 4.69) is 25.5 Å². The number of rotatable bonds is 5. The maximum Gasteiger partial charge on any atom is 0.136 e. The first kappa shape index (κ1) is 9.92. The summed E-state index contributed by atoms with van der Waals surface area (Å²) in [5.41, 5.74) is 0. The van der Waals surface area contributed by atoms with Crippen LogP contribution in [0.15, 0.2) is 0 Å². The summed E-state index contributed by atoms with van der Waals surface area (Å²) < 4.78 is 0. The van der Waals surface area contributed by atoms with Gasteiger partial charge in [-0.15, -0.1) is 21.9 Å². The zero-order valence-corrected chi connectivity index (χ0v) is 8.89. The third-order valence-corrected chi connectivity index (χ3v) is 7.88. The average molecular weight is 179 g/mol. The Morgan fingerprint density at radius 2 is 1.67 bits per heavy atom. The molecule has 0 atom stereocenters. The van der Waals surface area contributed by atoms with E-state index in [0.29, 0.717) is 0 Å². The molecule has 0 aliphatic heterocycles. The molecule has 0 aliphatic carbocycles. The van der Waals surface area contributed by atoms with Crippen LogP contribution in [-0.4, -0.2) is 7.95 Å². The van der Waals surface area contributed by atoms with Crippen LogP contribution < -0.4 is 0 Å². The van der Waals surface area contributed by atoms with E-state index in [1.807, 2.05) is 10.2 Å². The Hall–Kier alpha value is 0.917. The van der Waals surface area contributed by atoms with Crippen molar-refractivity contribution in [3.63, 3.8) is 0 Å². The van der Waals surface area contributed by atoms with Crippen molar-refractivity contribution in [2.45, 2.75) is 38.8 Å². The van der Waals surface area contributed by atoms with E-state index in [0.717, 1.165) is 0 Å². The second-order valence-electron chi connectivity index (χ2n) is 2.13. The quantitative estimate of drug-likeness (QED) is 0.383. The van der Waals surface area contributed by atoms with E-state index < -0.39 is 0 Å². The second kappa shape index (κ2) is 7.03. The summed E-state index contributed by atoms with van der Waals surface area (Å²) in [6, 6.07) is 2.85. The molecule has 0 aromatic rings. The average Bonchev–Trinajstić information content (AvgIpc) is 1.88. The lowest BCUT2D eigenvalue weighted by atomic mass is 10.6. The molecule has 0 aliphatic rings. The topological polar surface area (TPSA) is 0 Å². The third-order valence-electron chi connectivity index (χ3n) is 1.19. The molecule has 0 bridgehead atoms. The van der Waals surface area contributed by atoms with Gasteiger partial charge in [-0.2, -0.15) is 0 Å². The summed E-state index contributed by atoms with van der Waals surface area (Å²) in [4.78, 5) is 0. The zero-order valence-electron chi connectivity index (χ0n) is 6.18. The van der Waals surface area contributed by atoms with Crippen LogP contribution in [0.3, 0.4) is 0 Å². The molecular formula is C6H15S2Si. The van der Waals surface area contributed by atoms with E-state index in [4.69, 9.17) is 0 Å². The molecule has 0 N–H and O–H groups in total. The smallest absolute Gasteiger partial charge is 0.126 e. The lowest BCUT2D eigenvalue weighted by Gasteiger charge is -2.06. The highest BCUT2D eigenvalue weighted by molar-refractivity contribution is 8.79. The van der Waals surface area contributed by atoms with Crippen LogP contribution in [0.2, 0.25) is 12.1 Å². The highest BCUT2D eigenvalue weighted by Gasteiger charge is 2.06. The molecule has 0 spiro atoms. The van der Waals surface area contributed by atoms with Crippen LogP contribution in [0.25, 0.3) is 0 Å². The van der Waals surface area contributed by atoms with Gasteiger partial charge in [-0.25, -0.2) is 0 Å². The fourth-order valence-electron chi connectivity index (χ4n) is 0.774. The Bertz CT molecular complexity index is 53.0. The van der Waals surface area contributed by atoms with E-state index in [-0.39, 0.29) is 7.95 Å². The van der Waals surface area contributed by atoms with Gasteiger partial charge in [0.05, 0.1) is 0 Å². The highest BCUT2D eigenvalue weighted by atomic mass is 33.2. The van der Waals surface area contributed by atoms with Gasteiger partial charge in [0.25, 0.3) is 0 Å². The second-order valence-corrected chi connectivity index (χ2v) is 8.31. The summed E-state index contributed by atoms with van der Waals surface area (Å²) >= 11 is 4.25. The largest absolute Gasteiger partial charge is 0.136 e. The van der Waals surface area contributed by atoms with Crippen LogP contribution in [0.4, 0.5) is 0 Å². The normalized spacial score (nSPS) is 10.7. The van der Waals surface area contributed by atoms with Gasteiger partial charge < -0.3 is 0 Å². The predicted molar refractivity (Wildman–Crippen MR) is 52.5 cm³/mol. The molecule has 0 saturated carbocycles. The van der Waals surface area contributed by atoms with Gasteiger partial charge in [0.1, 0.15) is 7.95 Å². The third kappa shape index (κ3) is 5.37. The molecule has 0 rings (SSSR count). The summed E-state index contributed by atoms with van der Waals surface area (Å²) in [7, 11) is 1.71. The van der Waals surface area contributed by atoms with Gasteiger partial charge in [-0.3, -0.25) is 0 Å². The standard InChI is InChI=1S/C6H15S2Si/c1-3-5-9(8-7)6-4-2/h7H,3-6H2,1-2H3. The minimum atomic E-state index is -0.105. The van der Waals surface area contributed by atoms with Crippen molar-refractivity contribution in [2.75, 3.05) is 0 Å². The summed E-state index contributed by atoms with van der Waals surface area (Å²) in [6.07, 6.45) is 2.67. The summed E-state index contributed by atoms with van der Waals surface area (Å²) in [5, 5.41) is 0. The van der Waals surface area contributed by atoms with E-state index in [1.165, 1.54) is 24.9 Å². The Morgan fingerprint density at radius 1 is 1.22 bits per heavy atom. The molecule has 9 heavy (non-hydrogen) atoms. The van der Waals surface area contributed by atoms with Crippen molar-refractivity contribution >= 4 is 29.9 Å². The predicted octanol–water partition coefficient (Wildman–Crippen LogP) is 3.38. The zero-order chi connectivity index (χ0) is 7.11. The first-order valence-corrected chi connectivity index (χ1v) is 8.02. The number of hydrogen-bond acceptors (Lipinski definition) is 2. The number of thiol groups is 1. The summed E-state index contributed by atoms with van der Waals surface area (Å²) in [6.45, 7) is 4.51. The van der Waals surface area contributed by atoms with Crippen LogP contribution in [-0.2, 0) is 0 Å². The lowest BCUT2D eigenvalue weighted by molar-refractivity contribution is 1.02. The van der Waals surface area contributed by atoms with Gasteiger partial charge in [-0.1, -0.05) is 26.7 Å². The Labute approximate surface area is 68.9 Å². The SMILES string of the molecule is CCC[Si](CCC)SS. The number of hydrogen-bond donors (Lipinski definition) is 1. The molecule has 0 nitrogen and oxygen atoms in total. The van der Waals surface area contributed by atoms with Gasteiger partial charge >= 0.3 is 0 Å². The molecule has 0 amide bonds. The molecule has 3 heteroatoms. The minimum absolute atomic E-state index is 0.105. The van der Waals surface area contributed by atoms with Crippen molar-refractivity contribution in [2.24, 2.45) is 0 Å². The Morgan fingerprint density at radius 3 is 1.89 bits per heavy atom. The van der Waals surface area contributed by atoms with Gasteiger partial charge in [0.2, 0.25) is 0 Å². The molecule has 0 unspecified atom stereocenters. The van der Waals surface area contributed by atoms with Crippen molar-refractivity contribution in [1.82, 2.24) is 0 Å². The molecular weight excluding hydrogens is 164 g/mol. The molecule has 0 saturated heterocycles. The fraction of sp³-hybridized carbons (Fsp3) is 1.00. The van der Waals surface area contributed by atoms with Crippen molar-refractivity contribution in [3.05, 3.63) is 0 Å². The highest BCUT2D eigenvalue weighted by Crippen LogP contribution is 2.21. The lowest BCUT2D eigenvalue weighted by Crippen LogP contribution is -2.02. The van der Waals surface area contributed by atoms with E-state index in [1.54, 1.807) is 0 Å². The molecule has 55 valence electrons. The maximum atomic E-state index is 4.25. The van der Waals surface area contributed by atoms with Crippen molar-refractivity contribution in [3.8, 4) is 0 Å². The first-order valence-electron chi connectivity index (χ1n) is 3.51. The van der Waals surface area contributed by atoms with E-state index >= 15 is 0 Å². The maximum absolute atomic E-state index is 4.25. The van der Waals surface area contributed by atoms with Crippen LogP contribution in [0, 0.1) is 0 Å². The molecule has 0 fully saturated rings. The first-order chi connectivity index (χ1) is 4.35. The summed E-state index contributed by atoms with van der Waals surface area (Å²) in [5.74, 6) is 0. The monoisotopic (exact) mass is 179 g/mol. The van der Waals surface area contributed by atoms with Gasteiger partial charge in [0, 0.05) is 0 Å².